The molecule has 0 bridgehead atoms. The van der Waals surface area contributed by atoms with Gasteiger partial charge in [0.1, 0.15) is 11.6 Å². The van der Waals surface area contributed by atoms with Crippen LogP contribution in [0.5, 0.6) is 5.88 Å². The van der Waals surface area contributed by atoms with Gasteiger partial charge in [-0.25, -0.2) is 4.79 Å². The molecule has 6 heteroatoms. The monoisotopic (exact) mass is 408 g/mol. The van der Waals surface area contributed by atoms with Crippen molar-refractivity contribution in [2.24, 2.45) is 10.8 Å². The Morgan fingerprint density at radius 3 is 1.86 bits per heavy atom. The number of hydrogen-bond acceptors (Lipinski definition) is 4. The Morgan fingerprint density at radius 1 is 0.897 bits per heavy atom. The molecule has 29 heavy (non-hydrogen) atoms. The van der Waals surface area contributed by atoms with E-state index in [-0.39, 0.29) is 34.0 Å². The largest absolute Gasteiger partial charge is 0.493 e. The van der Waals surface area contributed by atoms with Crippen LogP contribution in [0.4, 0.5) is 0 Å². The van der Waals surface area contributed by atoms with Crippen molar-refractivity contribution >= 4 is 11.6 Å². The Kier molecular flexibility index (Phi) is 9.37. The van der Waals surface area contributed by atoms with Gasteiger partial charge in [-0.2, -0.15) is 0 Å². The van der Waals surface area contributed by atoms with Gasteiger partial charge in [0.2, 0.25) is 5.88 Å². The molecule has 1 aromatic rings. The number of ketones is 2. The number of rotatable bonds is 14. The first kappa shape index (κ1) is 25.2. The average Bonchev–Trinajstić information content (AvgIpc) is 2.90. The molecule has 166 valence electrons. The fourth-order valence-electron chi connectivity index (χ4n) is 3.69. The van der Waals surface area contributed by atoms with Crippen molar-refractivity contribution in [3.8, 4) is 5.88 Å². The molecule has 0 aromatic carbocycles. The summed E-state index contributed by atoms with van der Waals surface area (Å²) in [5, 5.41) is 10.0. The third kappa shape index (κ3) is 8.58. The molecule has 0 saturated heterocycles. The molecular weight excluding hydrogens is 368 g/mol. The Bertz CT molecular complexity index is 741. The van der Waals surface area contributed by atoms with Crippen molar-refractivity contribution in [3.05, 3.63) is 16.7 Å². The van der Waals surface area contributed by atoms with Crippen molar-refractivity contribution in [3.63, 3.8) is 0 Å². The summed E-state index contributed by atoms with van der Waals surface area (Å²) in [6.45, 7) is 13.2. The van der Waals surface area contributed by atoms with Gasteiger partial charge in [-0.3, -0.25) is 18.7 Å². The summed E-state index contributed by atoms with van der Waals surface area (Å²) in [6.07, 6.45) is 6.67. The van der Waals surface area contributed by atoms with Crippen LogP contribution >= 0.6 is 0 Å². The fraction of sp³-hybridized carbons (Fsp3) is 0.783. The number of Topliss-reactive ketones (excluding diaryl/α,β-unsaturated/α-hetero) is 2. The Labute approximate surface area is 175 Å². The predicted molar refractivity (Wildman–Crippen MR) is 116 cm³/mol. The number of aromatic hydroxyl groups is 1. The van der Waals surface area contributed by atoms with Crippen molar-refractivity contribution in [2.45, 2.75) is 106 Å². The highest BCUT2D eigenvalue weighted by Gasteiger charge is 2.24. The van der Waals surface area contributed by atoms with Crippen LogP contribution in [0.2, 0.25) is 0 Å². The van der Waals surface area contributed by atoms with Crippen LogP contribution in [0, 0.1) is 10.8 Å². The minimum atomic E-state index is -0.314. The molecule has 0 aliphatic carbocycles. The number of carbonyl (C=O) groups excluding carboxylic acids is 2. The van der Waals surface area contributed by atoms with Crippen LogP contribution in [0.1, 0.15) is 92.9 Å². The van der Waals surface area contributed by atoms with E-state index in [1.165, 1.54) is 15.3 Å². The molecule has 1 N–H and O–H groups in total. The Morgan fingerprint density at radius 2 is 1.41 bits per heavy atom. The van der Waals surface area contributed by atoms with Gasteiger partial charge in [0.25, 0.3) is 0 Å². The van der Waals surface area contributed by atoms with E-state index in [1.54, 1.807) is 0 Å². The normalized spacial score (nSPS) is 12.3. The van der Waals surface area contributed by atoms with E-state index in [4.69, 9.17) is 0 Å². The molecule has 1 aromatic heterocycles. The summed E-state index contributed by atoms with van der Waals surface area (Å²) in [5.74, 6) is 0.203. The molecular formula is C23H40N2O4. The van der Waals surface area contributed by atoms with Gasteiger partial charge in [-0.05, 0) is 37.0 Å². The van der Waals surface area contributed by atoms with Gasteiger partial charge in [0.05, 0.1) is 6.20 Å². The number of aryl methyl sites for hydroxylation is 1. The smallest absolute Gasteiger partial charge is 0.331 e. The number of imidazole rings is 1. The van der Waals surface area contributed by atoms with Gasteiger partial charge in [0.15, 0.2) is 0 Å². The lowest BCUT2D eigenvalue weighted by Gasteiger charge is -2.24. The zero-order valence-corrected chi connectivity index (χ0v) is 19.2. The number of hydrogen-bond donors (Lipinski definition) is 1. The average molecular weight is 409 g/mol. The van der Waals surface area contributed by atoms with Crippen LogP contribution in [0.3, 0.4) is 0 Å². The first-order chi connectivity index (χ1) is 13.4. The van der Waals surface area contributed by atoms with E-state index in [1.807, 2.05) is 20.8 Å². The topological polar surface area (TPSA) is 81.3 Å². The van der Waals surface area contributed by atoms with Crippen LogP contribution in [0.25, 0.3) is 0 Å². The van der Waals surface area contributed by atoms with Crippen LogP contribution in [0.15, 0.2) is 11.0 Å². The van der Waals surface area contributed by atoms with Crippen LogP contribution in [-0.2, 0) is 22.7 Å². The van der Waals surface area contributed by atoms with Gasteiger partial charge in [0, 0.05) is 38.8 Å². The molecule has 0 amide bonds. The highest BCUT2D eigenvalue weighted by Crippen LogP contribution is 2.29. The van der Waals surface area contributed by atoms with Gasteiger partial charge < -0.3 is 5.11 Å². The minimum Gasteiger partial charge on any atom is -0.493 e. The minimum absolute atomic E-state index is 0.0483. The van der Waals surface area contributed by atoms with E-state index < -0.39 is 0 Å². The molecule has 6 nitrogen and oxygen atoms in total. The quantitative estimate of drug-likeness (QED) is 0.483. The summed E-state index contributed by atoms with van der Waals surface area (Å²) in [4.78, 5) is 36.6. The zero-order valence-electron chi connectivity index (χ0n) is 19.2. The Balaban J connectivity index is 2.44. The maximum absolute atomic E-state index is 12.3. The summed E-state index contributed by atoms with van der Waals surface area (Å²) < 4.78 is 2.82. The highest BCUT2D eigenvalue weighted by atomic mass is 16.3. The van der Waals surface area contributed by atoms with E-state index in [0.29, 0.717) is 45.2 Å². The van der Waals surface area contributed by atoms with Crippen molar-refractivity contribution in [2.75, 3.05) is 0 Å². The molecule has 1 rings (SSSR count). The van der Waals surface area contributed by atoms with E-state index in [2.05, 4.69) is 20.8 Å². The maximum Gasteiger partial charge on any atom is 0.331 e. The lowest BCUT2D eigenvalue weighted by molar-refractivity contribution is -0.124. The number of aromatic nitrogens is 2. The molecule has 1 heterocycles. The third-order valence-electron chi connectivity index (χ3n) is 5.72. The molecule has 0 aliphatic rings. The molecule has 0 fully saturated rings. The van der Waals surface area contributed by atoms with Crippen LogP contribution < -0.4 is 5.69 Å². The second kappa shape index (κ2) is 10.8. The molecule has 0 atom stereocenters. The molecule has 0 unspecified atom stereocenters. The van der Waals surface area contributed by atoms with E-state index in [9.17, 15) is 19.5 Å². The standard InChI is InChI=1S/C23H40N2O4/c1-7-13-22(3,4)14-11-18(26)9-10-19(27)12-15-23(5,6)17-25-20(28)16-24(8-2)21(25)29/h16,28H,7-15,17H2,1-6H3. The summed E-state index contributed by atoms with van der Waals surface area (Å²) in [5.41, 5.74) is -0.370. The first-order valence-corrected chi connectivity index (χ1v) is 10.9. The van der Waals surface area contributed by atoms with Crippen molar-refractivity contribution in [1.82, 2.24) is 9.13 Å². The van der Waals surface area contributed by atoms with E-state index in [0.717, 1.165) is 19.3 Å². The summed E-state index contributed by atoms with van der Waals surface area (Å²) >= 11 is 0. The van der Waals surface area contributed by atoms with Gasteiger partial charge in [-0.1, -0.05) is 41.0 Å². The lowest BCUT2D eigenvalue weighted by Crippen LogP contribution is -2.30. The predicted octanol–water partition coefficient (Wildman–Crippen LogP) is 4.71. The first-order valence-electron chi connectivity index (χ1n) is 10.9. The van der Waals surface area contributed by atoms with Gasteiger partial charge in [-0.15, -0.1) is 0 Å². The molecule has 0 radical (unpaired) electrons. The van der Waals surface area contributed by atoms with Crippen molar-refractivity contribution in [1.29, 1.82) is 0 Å². The SMILES string of the molecule is CCCC(C)(C)CCC(=O)CCC(=O)CCC(C)(C)Cn1c(O)cn(CC)c1=O. The molecule has 0 spiro atoms. The Hall–Kier alpha value is -1.85. The highest BCUT2D eigenvalue weighted by molar-refractivity contribution is 5.85. The number of nitrogens with zero attached hydrogens (tertiary/aromatic N) is 2. The second-order valence-corrected chi connectivity index (χ2v) is 9.80. The fourth-order valence-corrected chi connectivity index (χ4v) is 3.69. The zero-order chi connectivity index (χ0) is 22.2. The van der Waals surface area contributed by atoms with Crippen LogP contribution in [-0.4, -0.2) is 25.8 Å². The maximum atomic E-state index is 12.3. The van der Waals surface area contributed by atoms with Crippen molar-refractivity contribution < 1.29 is 14.7 Å². The lowest BCUT2D eigenvalue weighted by atomic mass is 9.82. The second-order valence-electron chi connectivity index (χ2n) is 9.80. The van der Waals surface area contributed by atoms with Gasteiger partial charge >= 0.3 is 5.69 Å². The third-order valence-corrected chi connectivity index (χ3v) is 5.72. The molecule has 0 saturated carbocycles. The summed E-state index contributed by atoms with van der Waals surface area (Å²) in [6, 6.07) is 0. The summed E-state index contributed by atoms with van der Waals surface area (Å²) in [7, 11) is 0. The number of carbonyl (C=O) groups is 2. The molecule has 0 aliphatic heterocycles. The van der Waals surface area contributed by atoms with E-state index >= 15 is 0 Å².